The Morgan fingerprint density at radius 2 is 2.38 bits per heavy atom. The third kappa shape index (κ3) is 2.14. The fourth-order valence-electron chi connectivity index (χ4n) is 1.47. The first-order valence-corrected chi connectivity index (χ1v) is 6.10. The number of aryl methyl sites for hydroxylation is 1. The average molecular weight is 255 g/mol. The molecule has 0 spiro atoms. The molecular weight excluding hydrogens is 242 g/mol. The normalized spacial score (nSPS) is 10.7. The number of rotatable bonds is 3. The molecule has 0 aromatic carbocycles. The van der Waals surface area contributed by atoms with Gasteiger partial charge in [0.25, 0.3) is 0 Å². The summed E-state index contributed by atoms with van der Waals surface area (Å²) in [7, 11) is 3.86. The molecule has 0 atom stereocenters. The van der Waals surface area contributed by atoms with E-state index in [9.17, 15) is 0 Å². The molecule has 2 aromatic rings. The molecule has 2 aromatic heterocycles. The zero-order chi connectivity index (χ0) is 11.7. The van der Waals surface area contributed by atoms with Crippen molar-refractivity contribution in [2.45, 2.75) is 13.5 Å². The van der Waals surface area contributed by atoms with Crippen molar-refractivity contribution < 1.29 is 0 Å². The molecule has 86 valence electrons. The van der Waals surface area contributed by atoms with Crippen LogP contribution in [0.15, 0.2) is 5.38 Å². The number of thiazole rings is 1. The number of anilines is 1. The number of H-pyrrole nitrogens is 1. The molecule has 2 heterocycles. The Labute approximate surface area is 103 Å². The molecule has 0 fully saturated rings. The smallest absolute Gasteiger partial charge is 0.225 e. The molecule has 16 heavy (non-hydrogen) atoms. The van der Waals surface area contributed by atoms with Gasteiger partial charge in [0.2, 0.25) is 5.95 Å². The zero-order valence-corrected chi connectivity index (χ0v) is 11.0. The van der Waals surface area contributed by atoms with Gasteiger partial charge in [-0.1, -0.05) is 0 Å². The number of nitrogens with zero attached hydrogens (tertiary/aromatic N) is 4. The Kier molecular flexibility index (Phi) is 3.06. The van der Waals surface area contributed by atoms with Gasteiger partial charge in [-0.05, 0) is 19.1 Å². The Balaban J connectivity index is 2.17. The number of aromatic nitrogens is 4. The molecule has 0 radical (unpaired) electrons. The van der Waals surface area contributed by atoms with Gasteiger partial charge in [0.1, 0.15) is 0 Å². The molecule has 0 unspecified atom stereocenters. The largest absolute Gasteiger partial charge is 0.338 e. The van der Waals surface area contributed by atoms with E-state index in [0.29, 0.717) is 4.77 Å². The number of hydrogen-bond acceptors (Lipinski definition) is 5. The molecule has 1 N–H and O–H groups in total. The van der Waals surface area contributed by atoms with Crippen LogP contribution < -0.4 is 4.90 Å². The Morgan fingerprint density at radius 1 is 1.62 bits per heavy atom. The number of nitrogens with one attached hydrogen (secondary N) is 1. The van der Waals surface area contributed by atoms with Gasteiger partial charge in [-0.3, -0.25) is 4.57 Å². The maximum atomic E-state index is 5.07. The molecule has 0 saturated carbocycles. The second kappa shape index (κ2) is 4.34. The monoisotopic (exact) mass is 255 g/mol. The predicted octanol–water partition coefficient (Wildman–Crippen LogP) is 1.88. The van der Waals surface area contributed by atoms with Crippen molar-refractivity contribution >= 4 is 29.5 Å². The van der Waals surface area contributed by atoms with E-state index >= 15 is 0 Å². The van der Waals surface area contributed by atoms with E-state index < -0.39 is 0 Å². The van der Waals surface area contributed by atoms with Crippen LogP contribution in [0.4, 0.5) is 5.95 Å². The second-order valence-electron chi connectivity index (χ2n) is 3.60. The van der Waals surface area contributed by atoms with E-state index in [4.69, 9.17) is 12.2 Å². The predicted molar refractivity (Wildman–Crippen MR) is 67.4 cm³/mol. The van der Waals surface area contributed by atoms with Crippen LogP contribution in [-0.2, 0) is 13.6 Å². The van der Waals surface area contributed by atoms with Crippen molar-refractivity contribution in [3.8, 4) is 0 Å². The van der Waals surface area contributed by atoms with Crippen LogP contribution in [0.5, 0.6) is 0 Å². The van der Waals surface area contributed by atoms with Crippen LogP contribution in [-0.4, -0.2) is 26.8 Å². The van der Waals surface area contributed by atoms with Gasteiger partial charge >= 0.3 is 0 Å². The second-order valence-corrected chi connectivity index (χ2v) is 5.05. The van der Waals surface area contributed by atoms with Crippen LogP contribution in [0.1, 0.15) is 10.7 Å². The maximum Gasteiger partial charge on any atom is 0.225 e. The van der Waals surface area contributed by atoms with E-state index in [-0.39, 0.29) is 0 Å². The van der Waals surface area contributed by atoms with Gasteiger partial charge in [-0.25, -0.2) is 10.1 Å². The zero-order valence-electron chi connectivity index (χ0n) is 9.39. The van der Waals surface area contributed by atoms with Gasteiger partial charge in [-0.15, -0.1) is 16.4 Å². The summed E-state index contributed by atoms with van der Waals surface area (Å²) < 4.78 is 2.46. The molecular formula is C9H13N5S2. The Bertz CT molecular complexity index is 538. The van der Waals surface area contributed by atoms with E-state index in [1.54, 1.807) is 11.3 Å². The topological polar surface area (TPSA) is 49.7 Å². The SMILES string of the molecule is Cc1nc(CN(C)c2n[nH]c(=S)n2C)cs1. The summed E-state index contributed by atoms with van der Waals surface area (Å²) in [6, 6.07) is 0. The van der Waals surface area contributed by atoms with Crippen LogP contribution in [0.3, 0.4) is 0 Å². The molecule has 2 rings (SSSR count). The fourth-order valence-corrected chi connectivity index (χ4v) is 2.21. The summed E-state index contributed by atoms with van der Waals surface area (Å²) in [5.41, 5.74) is 1.05. The van der Waals surface area contributed by atoms with Crippen LogP contribution in [0.2, 0.25) is 0 Å². The summed E-state index contributed by atoms with van der Waals surface area (Å²) in [5, 5.41) is 10.1. The van der Waals surface area contributed by atoms with E-state index in [1.165, 1.54) is 0 Å². The number of aromatic amines is 1. The molecule has 0 aliphatic carbocycles. The lowest BCUT2D eigenvalue weighted by Crippen LogP contribution is -2.20. The molecule has 7 heteroatoms. The minimum absolute atomic E-state index is 0.622. The highest BCUT2D eigenvalue weighted by Crippen LogP contribution is 2.14. The summed E-state index contributed by atoms with van der Waals surface area (Å²) in [4.78, 5) is 6.43. The van der Waals surface area contributed by atoms with Crippen LogP contribution >= 0.6 is 23.6 Å². The quantitative estimate of drug-likeness (QED) is 0.851. The van der Waals surface area contributed by atoms with Gasteiger partial charge < -0.3 is 4.90 Å². The summed E-state index contributed by atoms with van der Waals surface area (Å²) in [5.74, 6) is 0.815. The molecule has 0 aliphatic heterocycles. The van der Waals surface area contributed by atoms with Crippen molar-refractivity contribution in [3.05, 3.63) is 20.9 Å². The average Bonchev–Trinajstić information content (AvgIpc) is 2.76. The highest BCUT2D eigenvalue weighted by molar-refractivity contribution is 7.71. The Morgan fingerprint density at radius 3 is 2.88 bits per heavy atom. The lowest BCUT2D eigenvalue weighted by molar-refractivity contribution is 0.790. The molecule has 5 nitrogen and oxygen atoms in total. The molecule has 0 aliphatic rings. The van der Waals surface area contributed by atoms with Gasteiger partial charge in [0.05, 0.1) is 17.2 Å². The first-order chi connectivity index (χ1) is 7.58. The summed E-state index contributed by atoms with van der Waals surface area (Å²) >= 11 is 6.72. The van der Waals surface area contributed by atoms with Crippen molar-refractivity contribution in [1.82, 2.24) is 19.7 Å². The fraction of sp³-hybridized carbons (Fsp3) is 0.444. The Hall–Kier alpha value is -1.21. The van der Waals surface area contributed by atoms with E-state index in [0.717, 1.165) is 23.2 Å². The summed E-state index contributed by atoms with van der Waals surface area (Å²) in [6.07, 6.45) is 0. The van der Waals surface area contributed by atoms with Crippen molar-refractivity contribution in [2.75, 3.05) is 11.9 Å². The molecule has 0 saturated heterocycles. The standard InChI is InChI=1S/C9H13N5S2/c1-6-10-7(5-16-6)4-13(2)8-11-12-9(15)14(8)3/h5H,4H2,1-3H3,(H,12,15). The highest BCUT2D eigenvalue weighted by atomic mass is 32.1. The first-order valence-electron chi connectivity index (χ1n) is 4.81. The van der Waals surface area contributed by atoms with Gasteiger partial charge in [0, 0.05) is 19.5 Å². The van der Waals surface area contributed by atoms with Crippen LogP contribution in [0.25, 0.3) is 0 Å². The lowest BCUT2D eigenvalue weighted by atomic mass is 10.4. The molecule has 0 amide bonds. The minimum Gasteiger partial charge on any atom is -0.338 e. The van der Waals surface area contributed by atoms with Crippen molar-refractivity contribution in [1.29, 1.82) is 0 Å². The van der Waals surface area contributed by atoms with Crippen molar-refractivity contribution in [3.63, 3.8) is 0 Å². The highest BCUT2D eigenvalue weighted by Gasteiger charge is 2.09. The van der Waals surface area contributed by atoms with E-state index in [2.05, 4.69) is 20.6 Å². The number of hydrogen-bond donors (Lipinski definition) is 1. The molecule has 0 bridgehead atoms. The summed E-state index contributed by atoms with van der Waals surface area (Å²) in [6.45, 7) is 2.74. The van der Waals surface area contributed by atoms with Crippen LogP contribution in [0, 0.1) is 11.7 Å². The first kappa shape index (κ1) is 11.3. The minimum atomic E-state index is 0.622. The third-order valence-corrected chi connectivity index (χ3v) is 3.45. The maximum absolute atomic E-state index is 5.07. The lowest BCUT2D eigenvalue weighted by Gasteiger charge is -2.15. The van der Waals surface area contributed by atoms with Gasteiger partial charge in [0.15, 0.2) is 4.77 Å². The van der Waals surface area contributed by atoms with Crippen molar-refractivity contribution in [2.24, 2.45) is 7.05 Å². The van der Waals surface area contributed by atoms with E-state index in [1.807, 2.05) is 30.5 Å². The third-order valence-electron chi connectivity index (χ3n) is 2.26. The van der Waals surface area contributed by atoms with Gasteiger partial charge in [-0.2, -0.15) is 0 Å².